The van der Waals surface area contributed by atoms with E-state index in [9.17, 15) is 5.11 Å². The Hall–Kier alpha value is -3.15. The monoisotopic (exact) mass is 394 g/mol. The van der Waals surface area contributed by atoms with Crippen LogP contribution in [0.5, 0.6) is 11.5 Å². The van der Waals surface area contributed by atoms with E-state index in [2.05, 4.69) is 51.9 Å². The number of nitrogens with one attached hydrogen (secondary N) is 3. The summed E-state index contributed by atoms with van der Waals surface area (Å²) in [5, 5.41) is 18.1. The number of fused-ring (bicyclic) bond motifs is 1. The molecule has 0 fully saturated rings. The molecule has 0 aliphatic rings. The highest BCUT2D eigenvalue weighted by Crippen LogP contribution is 2.29. The smallest absolute Gasteiger partial charge is 0.191 e. The van der Waals surface area contributed by atoms with Gasteiger partial charge in [-0.3, -0.25) is 4.99 Å². The van der Waals surface area contributed by atoms with E-state index in [-0.39, 0.29) is 5.75 Å². The molecule has 0 aliphatic heterocycles. The van der Waals surface area contributed by atoms with Gasteiger partial charge in [0.15, 0.2) is 17.5 Å². The van der Waals surface area contributed by atoms with Gasteiger partial charge in [-0.1, -0.05) is 24.3 Å². The summed E-state index contributed by atoms with van der Waals surface area (Å²) in [5.74, 6) is 1.47. The number of ether oxygens (including phenoxy) is 1. The quantitative estimate of drug-likeness (QED) is 0.348. The molecule has 0 bridgehead atoms. The van der Waals surface area contributed by atoms with Gasteiger partial charge in [0, 0.05) is 36.7 Å². The summed E-state index contributed by atoms with van der Waals surface area (Å²) in [4.78, 5) is 7.98. The molecule has 4 N–H and O–H groups in total. The molecule has 3 aromatic rings. The fourth-order valence-electron chi connectivity index (χ4n) is 3.39. The predicted molar refractivity (Wildman–Crippen MR) is 119 cm³/mol. The Balaban J connectivity index is 1.56. The number of hydrogen-bond donors (Lipinski definition) is 4. The van der Waals surface area contributed by atoms with E-state index in [1.165, 1.54) is 22.0 Å². The van der Waals surface area contributed by atoms with Crippen LogP contribution in [-0.2, 0) is 12.8 Å². The SMILES string of the molecule is CCNC(=NCCc1cccc(OC)c1O)NCCc1c[nH]c2cc(C)ccc12. The van der Waals surface area contributed by atoms with Gasteiger partial charge in [-0.15, -0.1) is 0 Å². The van der Waals surface area contributed by atoms with Crippen molar-refractivity contribution >= 4 is 16.9 Å². The molecule has 6 nitrogen and oxygen atoms in total. The van der Waals surface area contributed by atoms with Gasteiger partial charge in [0.25, 0.3) is 0 Å². The molecule has 0 radical (unpaired) electrons. The zero-order valence-corrected chi connectivity index (χ0v) is 17.4. The minimum atomic E-state index is 0.192. The highest BCUT2D eigenvalue weighted by Gasteiger charge is 2.07. The van der Waals surface area contributed by atoms with Crippen LogP contribution < -0.4 is 15.4 Å². The molecule has 1 heterocycles. The van der Waals surface area contributed by atoms with E-state index in [1.54, 1.807) is 13.2 Å². The van der Waals surface area contributed by atoms with Gasteiger partial charge in [-0.2, -0.15) is 0 Å². The number of phenols is 1. The first-order valence-corrected chi connectivity index (χ1v) is 10.1. The first-order chi connectivity index (χ1) is 14.1. The van der Waals surface area contributed by atoms with Crippen LogP contribution in [0.1, 0.15) is 23.6 Å². The molecule has 0 atom stereocenters. The van der Waals surface area contributed by atoms with Crippen LogP contribution in [0.2, 0.25) is 0 Å². The van der Waals surface area contributed by atoms with Crippen molar-refractivity contribution in [3.63, 3.8) is 0 Å². The average Bonchev–Trinajstić information content (AvgIpc) is 3.11. The second kappa shape index (κ2) is 9.87. The lowest BCUT2D eigenvalue weighted by Gasteiger charge is -2.12. The molecule has 0 unspecified atom stereocenters. The Morgan fingerprint density at radius 1 is 1.14 bits per heavy atom. The van der Waals surface area contributed by atoms with Gasteiger partial charge in [-0.25, -0.2) is 0 Å². The summed E-state index contributed by atoms with van der Waals surface area (Å²) in [7, 11) is 1.55. The van der Waals surface area contributed by atoms with Gasteiger partial charge in [0.1, 0.15) is 0 Å². The molecule has 0 saturated heterocycles. The number of para-hydroxylation sites is 1. The molecule has 2 aromatic carbocycles. The summed E-state index contributed by atoms with van der Waals surface area (Å²) in [6.07, 6.45) is 3.63. The van der Waals surface area contributed by atoms with Crippen molar-refractivity contribution in [2.24, 2.45) is 4.99 Å². The Kier molecular flexibility index (Phi) is 7.00. The molecule has 154 valence electrons. The number of hydrogen-bond acceptors (Lipinski definition) is 3. The standard InChI is InChI=1S/C23H30N4O2/c1-4-24-23(25-12-10-17-6-5-7-21(29-3)22(17)28)26-13-11-18-15-27-20-14-16(2)8-9-19(18)20/h5-9,14-15,27-28H,4,10-13H2,1-3H3,(H2,24,25,26). The second-order valence-electron chi connectivity index (χ2n) is 7.02. The Morgan fingerprint density at radius 2 is 2.00 bits per heavy atom. The maximum atomic E-state index is 10.2. The van der Waals surface area contributed by atoms with Crippen molar-refractivity contribution in [2.45, 2.75) is 26.7 Å². The lowest BCUT2D eigenvalue weighted by atomic mass is 10.1. The number of phenolic OH excluding ortho intramolecular Hbond substituents is 1. The number of aliphatic imine (C=N–C) groups is 1. The normalized spacial score (nSPS) is 11.6. The zero-order valence-electron chi connectivity index (χ0n) is 17.4. The number of benzene rings is 2. The van der Waals surface area contributed by atoms with Crippen molar-refractivity contribution in [3.8, 4) is 11.5 Å². The highest BCUT2D eigenvalue weighted by molar-refractivity contribution is 5.84. The van der Waals surface area contributed by atoms with E-state index in [0.717, 1.165) is 31.0 Å². The number of rotatable bonds is 8. The third-order valence-electron chi connectivity index (χ3n) is 4.91. The van der Waals surface area contributed by atoms with E-state index in [0.29, 0.717) is 18.7 Å². The lowest BCUT2D eigenvalue weighted by molar-refractivity contribution is 0.370. The van der Waals surface area contributed by atoms with Crippen LogP contribution in [0.4, 0.5) is 0 Å². The molecule has 6 heteroatoms. The number of aromatic hydroxyl groups is 1. The third kappa shape index (κ3) is 5.22. The van der Waals surface area contributed by atoms with Gasteiger partial charge in [-0.05, 0) is 55.5 Å². The van der Waals surface area contributed by atoms with Crippen LogP contribution in [-0.4, -0.2) is 42.8 Å². The number of methoxy groups -OCH3 is 1. The molecule has 0 saturated carbocycles. The molecule has 0 amide bonds. The number of H-pyrrole nitrogens is 1. The van der Waals surface area contributed by atoms with E-state index in [4.69, 9.17) is 4.74 Å². The molecule has 0 aliphatic carbocycles. The van der Waals surface area contributed by atoms with Gasteiger partial charge >= 0.3 is 0 Å². The van der Waals surface area contributed by atoms with Crippen LogP contribution in [0.25, 0.3) is 10.9 Å². The summed E-state index contributed by atoms with van der Waals surface area (Å²) in [6, 6.07) is 12.0. The van der Waals surface area contributed by atoms with Gasteiger partial charge in [0.2, 0.25) is 0 Å². The number of nitrogens with zero attached hydrogens (tertiary/aromatic N) is 1. The fourth-order valence-corrected chi connectivity index (χ4v) is 3.39. The van der Waals surface area contributed by atoms with Crippen molar-refractivity contribution in [2.75, 3.05) is 26.7 Å². The Bertz CT molecular complexity index is 978. The molecule has 29 heavy (non-hydrogen) atoms. The van der Waals surface area contributed by atoms with Gasteiger partial charge in [0.05, 0.1) is 7.11 Å². The fraction of sp³-hybridized carbons (Fsp3) is 0.348. The van der Waals surface area contributed by atoms with Crippen molar-refractivity contribution in [1.82, 2.24) is 15.6 Å². The summed E-state index contributed by atoms with van der Waals surface area (Å²) in [6.45, 7) is 6.31. The first-order valence-electron chi connectivity index (χ1n) is 10.1. The Labute approximate surface area is 172 Å². The van der Waals surface area contributed by atoms with Crippen LogP contribution in [0.15, 0.2) is 47.6 Å². The Morgan fingerprint density at radius 3 is 2.79 bits per heavy atom. The van der Waals surface area contributed by atoms with Crippen LogP contribution in [0, 0.1) is 6.92 Å². The molecule has 1 aromatic heterocycles. The molecular weight excluding hydrogens is 364 g/mol. The summed E-state index contributed by atoms with van der Waals surface area (Å²) < 4.78 is 5.16. The molecule has 0 spiro atoms. The van der Waals surface area contributed by atoms with Crippen molar-refractivity contribution in [3.05, 3.63) is 59.3 Å². The summed E-state index contributed by atoms with van der Waals surface area (Å²) in [5.41, 5.74) is 4.56. The highest BCUT2D eigenvalue weighted by atomic mass is 16.5. The second-order valence-corrected chi connectivity index (χ2v) is 7.02. The minimum Gasteiger partial charge on any atom is -0.504 e. The van der Waals surface area contributed by atoms with E-state index >= 15 is 0 Å². The number of aryl methyl sites for hydroxylation is 1. The summed E-state index contributed by atoms with van der Waals surface area (Å²) >= 11 is 0. The molecule has 3 rings (SSSR count). The van der Waals surface area contributed by atoms with Crippen LogP contribution in [0.3, 0.4) is 0 Å². The molecular formula is C23H30N4O2. The van der Waals surface area contributed by atoms with Gasteiger partial charge < -0.3 is 25.5 Å². The minimum absolute atomic E-state index is 0.192. The van der Waals surface area contributed by atoms with Crippen molar-refractivity contribution in [1.29, 1.82) is 0 Å². The largest absolute Gasteiger partial charge is 0.504 e. The van der Waals surface area contributed by atoms with Crippen LogP contribution >= 0.6 is 0 Å². The first kappa shape index (κ1) is 20.6. The average molecular weight is 395 g/mol. The number of aromatic nitrogens is 1. The lowest BCUT2D eigenvalue weighted by Crippen LogP contribution is -2.38. The van der Waals surface area contributed by atoms with Crippen molar-refractivity contribution < 1.29 is 9.84 Å². The van der Waals surface area contributed by atoms with E-state index < -0.39 is 0 Å². The maximum absolute atomic E-state index is 10.2. The number of aromatic amines is 1. The van der Waals surface area contributed by atoms with E-state index in [1.807, 2.05) is 19.1 Å². The third-order valence-corrected chi connectivity index (χ3v) is 4.91. The maximum Gasteiger partial charge on any atom is 0.191 e. The number of guanidine groups is 1. The zero-order chi connectivity index (χ0) is 20.6. The topological polar surface area (TPSA) is 81.7 Å². The predicted octanol–water partition coefficient (Wildman–Crippen LogP) is 3.53.